The number of hydrogen-bond donors (Lipinski definition) is 0. The maximum atomic E-state index is 13.4. The van der Waals surface area contributed by atoms with Crippen LogP contribution in [0.2, 0.25) is 0 Å². The molecule has 0 aromatic heterocycles. The van der Waals surface area contributed by atoms with Crippen molar-refractivity contribution in [1.82, 2.24) is 0 Å². The molecule has 0 aliphatic carbocycles. The van der Waals surface area contributed by atoms with Gasteiger partial charge in [-0.3, -0.25) is 0 Å². The van der Waals surface area contributed by atoms with E-state index in [1.54, 1.807) is 0 Å². The molecular weight excluding hydrogens is 659 g/mol. The van der Waals surface area contributed by atoms with Gasteiger partial charge in [0.1, 0.15) is 5.69 Å². The topological polar surface area (TPSA) is 35.4 Å². The summed E-state index contributed by atoms with van der Waals surface area (Å²) in [6.45, 7) is 0. The van der Waals surface area contributed by atoms with Crippen LogP contribution in [0, 0.1) is 35.2 Å². The first kappa shape index (κ1) is 35.8. The molecule has 9 heteroatoms. The van der Waals surface area contributed by atoms with Crippen LogP contribution in [-0.4, -0.2) is 0 Å². The van der Waals surface area contributed by atoms with Gasteiger partial charge < -0.3 is 5.11 Å². The second kappa shape index (κ2) is 18.4. The fourth-order valence-electron chi connectivity index (χ4n) is 3.95. The van der Waals surface area contributed by atoms with Crippen LogP contribution in [0.25, 0.3) is 0 Å². The van der Waals surface area contributed by atoms with Gasteiger partial charge in [-0.1, -0.05) is 121 Å². The average molecular weight is 684 g/mol. The molecule has 0 bridgehead atoms. The van der Waals surface area contributed by atoms with Crippen molar-refractivity contribution < 1.29 is 43.6 Å². The van der Waals surface area contributed by atoms with Crippen LogP contribution in [0.3, 0.4) is 0 Å². The van der Waals surface area contributed by atoms with E-state index in [2.05, 4.69) is 102 Å². The van der Waals surface area contributed by atoms with Crippen LogP contribution in [-0.2, 0) is 16.5 Å². The van der Waals surface area contributed by atoms with Crippen LogP contribution < -0.4 is 26.4 Å². The van der Waals surface area contributed by atoms with E-state index in [1.807, 2.05) is 30.3 Å². The molecule has 0 unspecified atom stereocenters. The van der Waals surface area contributed by atoms with E-state index in [9.17, 15) is 27.1 Å². The molecule has 0 spiro atoms. The third-order valence-corrected chi connectivity index (χ3v) is 8.49. The standard InChI is InChI=1S/C18H15P.C13H6F5NO.C6H5.Ni/c1-4-10-16(11-5-1)19(17-12-6-2-7-13-17)18-14-8-3-9-15-18;14-8-9(15)11(17)13(12(18)10(8)16)19-6-4-2-1-3-5-7(6)20;1-2-4-6-5-3-1;/h1-15H;1-5H,(H,19,20);1-5H;/q;;-1;+2/p-1. The Labute approximate surface area is 275 Å². The zero-order chi connectivity index (χ0) is 32.0. The number of benzene rings is 5. The van der Waals surface area contributed by atoms with Gasteiger partial charge in [0.15, 0.2) is 23.3 Å². The molecule has 0 aliphatic rings. The molecular formula is C37H25F5NNiOP. The van der Waals surface area contributed by atoms with Crippen molar-refractivity contribution in [2.24, 2.45) is 4.99 Å². The second-order valence-corrected chi connectivity index (χ2v) is 11.3. The van der Waals surface area contributed by atoms with Crippen molar-refractivity contribution in [1.29, 1.82) is 0 Å². The van der Waals surface area contributed by atoms with Crippen molar-refractivity contribution >= 4 is 29.5 Å². The first-order valence-electron chi connectivity index (χ1n) is 13.6. The smallest absolute Gasteiger partial charge is 0.871 e. The Morgan fingerprint density at radius 3 is 1.17 bits per heavy atom. The van der Waals surface area contributed by atoms with Crippen molar-refractivity contribution in [3.05, 3.63) is 192 Å². The Hall–Kier alpha value is -4.64. The van der Waals surface area contributed by atoms with Gasteiger partial charge in [-0.2, -0.15) is 36.4 Å². The van der Waals surface area contributed by atoms with Crippen LogP contribution >= 0.6 is 7.92 Å². The molecule has 0 N–H and O–H groups in total. The average Bonchev–Trinajstić information content (AvgIpc) is 3.31. The molecule has 0 saturated carbocycles. The number of hydrogen-bond acceptors (Lipinski definition) is 2. The molecule has 6 aromatic rings. The van der Waals surface area contributed by atoms with E-state index in [4.69, 9.17) is 0 Å². The molecule has 0 fully saturated rings. The van der Waals surface area contributed by atoms with Crippen LogP contribution in [0.5, 0.6) is 5.75 Å². The number of halogens is 5. The molecule has 0 radical (unpaired) electrons. The van der Waals surface area contributed by atoms with Gasteiger partial charge in [-0.15, -0.1) is 0 Å². The quantitative estimate of drug-likeness (QED) is 0.0471. The molecule has 0 amide bonds. The zero-order valence-corrected chi connectivity index (χ0v) is 25.8. The summed E-state index contributed by atoms with van der Waals surface area (Å²) in [6, 6.07) is 51.1. The van der Waals surface area contributed by atoms with Gasteiger partial charge in [0.05, 0.1) is 5.36 Å². The minimum Gasteiger partial charge on any atom is -0.871 e. The van der Waals surface area contributed by atoms with E-state index in [-0.39, 0.29) is 16.5 Å². The van der Waals surface area contributed by atoms with E-state index >= 15 is 0 Å². The maximum absolute atomic E-state index is 13.4. The maximum Gasteiger partial charge on any atom is 2.00 e. The number of rotatable bonds is 4. The van der Waals surface area contributed by atoms with Crippen molar-refractivity contribution in [2.45, 2.75) is 0 Å². The third kappa shape index (κ3) is 9.68. The Morgan fingerprint density at radius 2 is 0.804 bits per heavy atom. The minimum atomic E-state index is -2.28. The molecule has 0 saturated heterocycles. The molecule has 2 nitrogen and oxygen atoms in total. The fourth-order valence-corrected chi connectivity index (χ4v) is 6.25. The largest absolute Gasteiger partial charge is 2.00 e. The van der Waals surface area contributed by atoms with Gasteiger partial charge in [0.25, 0.3) is 0 Å². The van der Waals surface area contributed by atoms with Gasteiger partial charge in [0, 0.05) is 0 Å². The normalized spacial score (nSPS) is 10.5. The summed E-state index contributed by atoms with van der Waals surface area (Å²) >= 11 is 0. The fraction of sp³-hybridized carbons (Fsp3) is 0. The Morgan fingerprint density at radius 1 is 0.457 bits per heavy atom. The van der Waals surface area contributed by atoms with Gasteiger partial charge in [-0.05, 0) is 29.9 Å². The van der Waals surface area contributed by atoms with Gasteiger partial charge in [-0.25, -0.2) is 26.9 Å². The molecule has 46 heavy (non-hydrogen) atoms. The minimum absolute atomic E-state index is 0. The summed E-state index contributed by atoms with van der Waals surface area (Å²) in [7, 11) is -0.446. The predicted octanol–water partition coefficient (Wildman–Crippen LogP) is 7.62. The Balaban J connectivity index is 0.000000208. The first-order valence-corrected chi connectivity index (χ1v) is 14.9. The van der Waals surface area contributed by atoms with Gasteiger partial charge in [0.2, 0.25) is 5.82 Å². The number of nitrogens with zero attached hydrogens (tertiary/aromatic N) is 1. The monoisotopic (exact) mass is 683 g/mol. The third-order valence-electron chi connectivity index (χ3n) is 6.05. The molecule has 0 atom stereocenters. The summed E-state index contributed by atoms with van der Waals surface area (Å²) in [6.07, 6.45) is 0. The molecule has 234 valence electrons. The van der Waals surface area contributed by atoms with E-state index in [1.165, 1.54) is 34.1 Å². The SMILES string of the molecule is [Ni+2].[O-]c1cccccc1=Nc1c(F)c(F)c(F)c(F)c1F.[c-]1ccccc1.c1ccc(P(c2ccccc2)c2ccccc2)cc1. The summed E-state index contributed by atoms with van der Waals surface area (Å²) in [5.74, 6) is -11.4. The molecule has 6 aromatic carbocycles. The van der Waals surface area contributed by atoms with Crippen LogP contribution in [0.1, 0.15) is 0 Å². The molecule has 0 heterocycles. The Bertz CT molecular complexity index is 1720. The van der Waals surface area contributed by atoms with Crippen molar-refractivity contribution in [3.8, 4) is 5.75 Å². The Kier molecular flexibility index (Phi) is 14.3. The van der Waals surface area contributed by atoms with Crippen molar-refractivity contribution in [3.63, 3.8) is 0 Å². The predicted molar refractivity (Wildman–Crippen MR) is 168 cm³/mol. The van der Waals surface area contributed by atoms with E-state index in [0.717, 1.165) is 12.1 Å². The zero-order valence-electron chi connectivity index (χ0n) is 23.9. The van der Waals surface area contributed by atoms with Gasteiger partial charge >= 0.3 is 16.5 Å². The van der Waals surface area contributed by atoms with Crippen LogP contribution in [0.4, 0.5) is 27.6 Å². The summed E-state index contributed by atoms with van der Waals surface area (Å²) in [5.41, 5.74) is -1.40. The second-order valence-electron chi connectivity index (χ2n) is 9.11. The molecule has 6 rings (SSSR count). The van der Waals surface area contributed by atoms with E-state index < -0.39 is 53.8 Å². The van der Waals surface area contributed by atoms with Crippen LogP contribution in [0.15, 0.2) is 157 Å². The van der Waals surface area contributed by atoms with Crippen molar-refractivity contribution in [2.75, 3.05) is 0 Å². The van der Waals surface area contributed by atoms with E-state index in [0.29, 0.717) is 0 Å². The first-order chi connectivity index (χ1) is 21.9. The summed E-state index contributed by atoms with van der Waals surface area (Å²) in [5, 5.41) is 15.2. The molecule has 0 aliphatic heterocycles. The summed E-state index contributed by atoms with van der Waals surface area (Å²) < 4.78 is 65.6. The summed E-state index contributed by atoms with van der Waals surface area (Å²) in [4.78, 5) is 3.23.